The number of fused-ring (bicyclic) bond motifs is 1. The molecule has 18 heavy (non-hydrogen) atoms. The highest BCUT2D eigenvalue weighted by molar-refractivity contribution is 7.10. The molecule has 1 aromatic carbocycles. The predicted molar refractivity (Wildman–Crippen MR) is 72.4 cm³/mol. The number of hydrogen-bond acceptors (Lipinski definition) is 3. The second kappa shape index (κ2) is 4.46. The van der Waals surface area contributed by atoms with Gasteiger partial charge in [0.2, 0.25) is 5.91 Å². The van der Waals surface area contributed by atoms with E-state index in [9.17, 15) is 4.79 Å². The van der Waals surface area contributed by atoms with Gasteiger partial charge in [0.25, 0.3) is 0 Å². The number of benzene rings is 1. The molecule has 2 aromatic rings. The van der Waals surface area contributed by atoms with Crippen LogP contribution in [0.5, 0.6) is 5.75 Å². The van der Waals surface area contributed by atoms with Crippen LogP contribution in [-0.4, -0.2) is 13.0 Å². The number of rotatable bonds is 2. The van der Waals surface area contributed by atoms with Gasteiger partial charge in [-0.15, -0.1) is 11.3 Å². The maximum atomic E-state index is 11.7. The van der Waals surface area contributed by atoms with E-state index in [0.29, 0.717) is 6.42 Å². The third-order valence-electron chi connectivity index (χ3n) is 3.17. The number of ether oxygens (including phenoxy) is 1. The molecule has 1 N–H and O–H groups in total. The SMILES string of the molecule is COc1cccc(C2CC(=O)Nc3ccsc32)c1. The summed E-state index contributed by atoms with van der Waals surface area (Å²) in [5, 5.41) is 4.93. The van der Waals surface area contributed by atoms with Crippen LogP contribution in [0.4, 0.5) is 5.69 Å². The van der Waals surface area contributed by atoms with Gasteiger partial charge in [0.05, 0.1) is 12.8 Å². The Morgan fingerprint density at radius 2 is 2.28 bits per heavy atom. The summed E-state index contributed by atoms with van der Waals surface area (Å²) >= 11 is 1.69. The third-order valence-corrected chi connectivity index (χ3v) is 4.20. The molecule has 0 radical (unpaired) electrons. The number of carbonyl (C=O) groups excluding carboxylic acids is 1. The summed E-state index contributed by atoms with van der Waals surface area (Å²) in [6.07, 6.45) is 0.501. The molecular formula is C14H13NO2S. The molecule has 0 saturated carbocycles. The van der Waals surface area contributed by atoms with Crippen molar-refractivity contribution in [2.24, 2.45) is 0 Å². The number of thiophene rings is 1. The fourth-order valence-corrected chi connectivity index (χ4v) is 3.28. The molecule has 92 valence electrons. The zero-order chi connectivity index (χ0) is 12.5. The smallest absolute Gasteiger partial charge is 0.225 e. The van der Waals surface area contributed by atoms with Crippen LogP contribution in [-0.2, 0) is 4.79 Å². The van der Waals surface area contributed by atoms with Gasteiger partial charge < -0.3 is 10.1 Å². The van der Waals surface area contributed by atoms with Gasteiger partial charge in [-0.05, 0) is 29.1 Å². The molecule has 0 spiro atoms. The lowest BCUT2D eigenvalue weighted by Crippen LogP contribution is -2.21. The first-order valence-electron chi connectivity index (χ1n) is 5.79. The number of amides is 1. The molecule has 2 heterocycles. The van der Waals surface area contributed by atoms with Gasteiger partial charge in [-0.3, -0.25) is 4.79 Å². The summed E-state index contributed by atoms with van der Waals surface area (Å²) < 4.78 is 5.24. The van der Waals surface area contributed by atoms with Crippen LogP contribution in [0, 0.1) is 0 Å². The standard InChI is InChI=1S/C14H13NO2S/c1-17-10-4-2-3-9(7-10)11-8-13(16)15-12-5-6-18-14(11)12/h2-7,11H,8H2,1H3,(H,15,16). The van der Waals surface area contributed by atoms with E-state index in [2.05, 4.69) is 11.4 Å². The quantitative estimate of drug-likeness (QED) is 0.899. The Morgan fingerprint density at radius 3 is 3.11 bits per heavy atom. The van der Waals surface area contributed by atoms with Gasteiger partial charge in [-0.2, -0.15) is 0 Å². The van der Waals surface area contributed by atoms with Crippen LogP contribution in [0.2, 0.25) is 0 Å². The first-order valence-corrected chi connectivity index (χ1v) is 6.67. The molecule has 0 aliphatic carbocycles. The van der Waals surface area contributed by atoms with Crippen molar-refractivity contribution >= 4 is 22.9 Å². The summed E-state index contributed by atoms with van der Waals surface area (Å²) in [5.74, 6) is 1.05. The fourth-order valence-electron chi connectivity index (χ4n) is 2.30. The van der Waals surface area contributed by atoms with Gasteiger partial charge in [0.15, 0.2) is 0 Å². The summed E-state index contributed by atoms with van der Waals surface area (Å²) in [6, 6.07) is 9.90. The summed E-state index contributed by atoms with van der Waals surface area (Å²) in [7, 11) is 1.66. The van der Waals surface area contributed by atoms with Crippen LogP contribution in [0.25, 0.3) is 0 Å². The molecule has 1 atom stereocenters. The van der Waals surface area contributed by atoms with E-state index in [-0.39, 0.29) is 11.8 Å². The van der Waals surface area contributed by atoms with Crippen molar-refractivity contribution in [1.82, 2.24) is 0 Å². The van der Waals surface area contributed by atoms with E-state index in [0.717, 1.165) is 17.0 Å². The highest BCUT2D eigenvalue weighted by Gasteiger charge is 2.27. The Labute approximate surface area is 109 Å². The van der Waals surface area contributed by atoms with Crippen molar-refractivity contribution in [2.45, 2.75) is 12.3 Å². The predicted octanol–water partition coefficient (Wildman–Crippen LogP) is 3.23. The molecule has 1 amide bonds. The third kappa shape index (κ3) is 1.88. The van der Waals surface area contributed by atoms with Crippen LogP contribution < -0.4 is 10.1 Å². The van der Waals surface area contributed by atoms with Crippen molar-refractivity contribution in [1.29, 1.82) is 0 Å². The number of methoxy groups -OCH3 is 1. The maximum absolute atomic E-state index is 11.7. The molecule has 1 aromatic heterocycles. The molecule has 1 unspecified atom stereocenters. The largest absolute Gasteiger partial charge is 0.497 e. The number of anilines is 1. The van der Waals surface area contributed by atoms with Gasteiger partial charge in [0.1, 0.15) is 5.75 Å². The second-order valence-electron chi connectivity index (χ2n) is 4.28. The Morgan fingerprint density at radius 1 is 1.39 bits per heavy atom. The van der Waals surface area contributed by atoms with E-state index in [1.54, 1.807) is 18.4 Å². The first kappa shape index (κ1) is 11.3. The minimum Gasteiger partial charge on any atom is -0.497 e. The average Bonchev–Trinajstić information content (AvgIpc) is 2.85. The highest BCUT2D eigenvalue weighted by atomic mass is 32.1. The molecule has 0 fully saturated rings. The van der Waals surface area contributed by atoms with E-state index >= 15 is 0 Å². The molecule has 0 saturated heterocycles. The average molecular weight is 259 g/mol. The van der Waals surface area contributed by atoms with E-state index < -0.39 is 0 Å². The van der Waals surface area contributed by atoms with Gasteiger partial charge in [0, 0.05) is 17.2 Å². The van der Waals surface area contributed by atoms with Crippen molar-refractivity contribution < 1.29 is 9.53 Å². The lowest BCUT2D eigenvalue weighted by molar-refractivity contribution is -0.116. The van der Waals surface area contributed by atoms with E-state index in [4.69, 9.17) is 4.74 Å². The normalized spacial score (nSPS) is 18.1. The lowest BCUT2D eigenvalue weighted by atomic mass is 9.90. The lowest BCUT2D eigenvalue weighted by Gasteiger charge is -2.23. The molecule has 0 bridgehead atoms. The Balaban J connectivity index is 2.04. The van der Waals surface area contributed by atoms with Crippen molar-refractivity contribution in [3.63, 3.8) is 0 Å². The second-order valence-corrected chi connectivity index (χ2v) is 5.23. The summed E-state index contributed by atoms with van der Waals surface area (Å²) in [6.45, 7) is 0. The van der Waals surface area contributed by atoms with Gasteiger partial charge in [-0.1, -0.05) is 12.1 Å². The molecule has 3 nitrogen and oxygen atoms in total. The number of carbonyl (C=O) groups is 1. The van der Waals surface area contributed by atoms with Crippen molar-refractivity contribution in [3.8, 4) is 5.75 Å². The molecular weight excluding hydrogens is 246 g/mol. The molecule has 3 rings (SSSR count). The van der Waals surface area contributed by atoms with Crippen molar-refractivity contribution in [2.75, 3.05) is 12.4 Å². The Kier molecular flexibility index (Phi) is 2.80. The number of hydrogen-bond donors (Lipinski definition) is 1. The first-order chi connectivity index (χ1) is 8.78. The monoisotopic (exact) mass is 259 g/mol. The van der Waals surface area contributed by atoms with Crippen LogP contribution in [0.1, 0.15) is 22.8 Å². The molecule has 1 aliphatic heterocycles. The van der Waals surface area contributed by atoms with E-state index in [1.165, 1.54) is 4.88 Å². The summed E-state index contributed by atoms with van der Waals surface area (Å²) in [5.41, 5.74) is 2.08. The Hall–Kier alpha value is -1.81. The van der Waals surface area contributed by atoms with Gasteiger partial charge >= 0.3 is 0 Å². The number of nitrogens with one attached hydrogen (secondary N) is 1. The molecule has 1 aliphatic rings. The van der Waals surface area contributed by atoms with Crippen LogP contribution >= 0.6 is 11.3 Å². The van der Waals surface area contributed by atoms with Crippen LogP contribution in [0.3, 0.4) is 0 Å². The maximum Gasteiger partial charge on any atom is 0.225 e. The van der Waals surface area contributed by atoms with Gasteiger partial charge in [-0.25, -0.2) is 0 Å². The molecule has 4 heteroatoms. The minimum atomic E-state index is 0.0775. The minimum absolute atomic E-state index is 0.0775. The van der Waals surface area contributed by atoms with Crippen LogP contribution in [0.15, 0.2) is 35.7 Å². The van der Waals surface area contributed by atoms with E-state index in [1.807, 2.05) is 29.6 Å². The Bertz CT molecular complexity index is 591. The fraction of sp³-hybridized carbons (Fsp3) is 0.214. The summed E-state index contributed by atoms with van der Waals surface area (Å²) in [4.78, 5) is 12.9. The topological polar surface area (TPSA) is 38.3 Å². The highest BCUT2D eigenvalue weighted by Crippen LogP contribution is 2.41. The van der Waals surface area contributed by atoms with Crippen molar-refractivity contribution in [3.05, 3.63) is 46.2 Å². The zero-order valence-electron chi connectivity index (χ0n) is 9.97. The zero-order valence-corrected chi connectivity index (χ0v) is 10.8.